The van der Waals surface area contributed by atoms with Crippen molar-refractivity contribution in [1.29, 1.82) is 0 Å². The number of nitrogens with zero attached hydrogens (tertiary/aromatic N) is 3. The third-order valence-corrected chi connectivity index (χ3v) is 5.90. The molecule has 0 aliphatic carbocycles. The first-order chi connectivity index (χ1) is 16.0. The number of aromatic nitrogens is 2. The lowest BCUT2D eigenvalue weighted by molar-refractivity contribution is -0.135. The van der Waals surface area contributed by atoms with Crippen LogP contribution in [0.1, 0.15) is 21.7 Å². The van der Waals surface area contributed by atoms with E-state index in [9.17, 15) is 9.59 Å². The van der Waals surface area contributed by atoms with Gasteiger partial charge in [0.2, 0.25) is 0 Å². The van der Waals surface area contributed by atoms with Crippen LogP contribution in [-0.2, 0) is 17.1 Å². The second kappa shape index (κ2) is 9.92. The van der Waals surface area contributed by atoms with E-state index in [0.717, 1.165) is 22.4 Å². The molecule has 0 spiro atoms. The molecule has 0 aliphatic heterocycles. The molecule has 1 heterocycles. The molecule has 0 saturated carbocycles. The Morgan fingerprint density at radius 1 is 1.00 bits per heavy atom. The number of fused-ring (bicyclic) bond motifs is 1. The minimum Gasteiger partial charge on any atom is -0.425 e. The van der Waals surface area contributed by atoms with E-state index in [1.165, 1.54) is 0 Å². The van der Waals surface area contributed by atoms with Gasteiger partial charge in [0.05, 0.1) is 16.8 Å². The van der Waals surface area contributed by atoms with E-state index < -0.39 is 0 Å². The minimum atomic E-state index is -0.377. The second-order valence-electron chi connectivity index (χ2n) is 7.73. The molecule has 1 amide bonds. The summed E-state index contributed by atoms with van der Waals surface area (Å²) in [4.78, 5) is 31.6. The topological polar surface area (TPSA) is 64.4 Å². The summed E-state index contributed by atoms with van der Waals surface area (Å²) in [7, 11) is 1.72. The van der Waals surface area contributed by atoms with Crippen LogP contribution in [0.5, 0.6) is 5.75 Å². The Kier molecular flexibility index (Phi) is 6.79. The second-order valence-corrected chi connectivity index (χ2v) is 8.60. The Balaban J connectivity index is 1.44. The maximum absolute atomic E-state index is 12.7. The zero-order valence-electron chi connectivity index (χ0n) is 18.8. The van der Waals surface area contributed by atoms with Crippen molar-refractivity contribution in [2.45, 2.75) is 19.2 Å². The predicted octanol–water partition coefficient (Wildman–Crippen LogP) is 5.09. The number of para-hydroxylation sites is 2. The maximum Gasteiger partial charge on any atom is 0.331 e. The number of hydrogen-bond acceptors (Lipinski definition) is 5. The summed E-state index contributed by atoms with van der Waals surface area (Å²) in [6, 6.07) is 22.1. The molecule has 3 aromatic carbocycles. The van der Waals surface area contributed by atoms with Crippen molar-refractivity contribution in [3.8, 4) is 5.75 Å². The van der Waals surface area contributed by atoms with Crippen molar-refractivity contribution in [3.05, 3.63) is 89.7 Å². The molecule has 0 radical (unpaired) electrons. The Morgan fingerprint density at radius 3 is 2.39 bits per heavy atom. The van der Waals surface area contributed by atoms with Crippen LogP contribution in [0.2, 0.25) is 0 Å². The average Bonchev–Trinajstić information content (AvgIpc) is 3.16. The number of aryl methyl sites for hydroxylation is 1. The summed E-state index contributed by atoms with van der Waals surface area (Å²) in [6.07, 6.45) is 2.00. The van der Waals surface area contributed by atoms with Gasteiger partial charge in [0.1, 0.15) is 18.1 Å². The van der Waals surface area contributed by atoms with Gasteiger partial charge in [-0.2, -0.15) is 11.8 Å². The number of carbonyl (C=O) groups is 2. The molecule has 0 saturated heterocycles. The number of thioether (sulfide) groups is 1. The van der Waals surface area contributed by atoms with E-state index >= 15 is 0 Å². The number of esters is 1. The number of ether oxygens (including phenoxy) is 1. The quantitative estimate of drug-likeness (QED) is 0.285. The van der Waals surface area contributed by atoms with Crippen LogP contribution in [0.4, 0.5) is 5.69 Å². The Labute approximate surface area is 197 Å². The largest absolute Gasteiger partial charge is 0.425 e. The number of amides is 1. The van der Waals surface area contributed by atoms with Crippen LogP contribution in [0.25, 0.3) is 11.0 Å². The van der Waals surface area contributed by atoms with Gasteiger partial charge in [-0.05, 0) is 61.7 Å². The lowest BCUT2D eigenvalue weighted by atomic mass is 10.1. The smallest absolute Gasteiger partial charge is 0.331 e. The Hall–Kier alpha value is -3.58. The highest BCUT2D eigenvalue weighted by molar-refractivity contribution is 7.97. The molecular formula is C26H25N3O3S. The van der Waals surface area contributed by atoms with Crippen LogP contribution in [-0.4, -0.2) is 34.7 Å². The van der Waals surface area contributed by atoms with Gasteiger partial charge in [-0.1, -0.05) is 29.8 Å². The predicted molar refractivity (Wildman–Crippen MR) is 133 cm³/mol. The summed E-state index contributed by atoms with van der Waals surface area (Å²) in [5, 5.41) is 0. The molecule has 0 N–H and O–H groups in total. The van der Waals surface area contributed by atoms with Crippen LogP contribution < -0.4 is 9.64 Å². The van der Waals surface area contributed by atoms with Crippen LogP contribution in [0, 0.1) is 6.92 Å². The monoisotopic (exact) mass is 459 g/mol. The molecule has 168 valence electrons. The minimum absolute atomic E-state index is 0.0734. The molecule has 0 aliphatic rings. The molecule has 0 atom stereocenters. The maximum atomic E-state index is 12.7. The van der Waals surface area contributed by atoms with Crippen LogP contribution in [0.15, 0.2) is 72.8 Å². The van der Waals surface area contributed by atoms with Crippen molar-refractivity contribution in [1.82, 2.24) is 9.55 Å². The molecule has 4 rings (SSSR count). The normalized spacial score (nSPS) is 10.9. The zero-order valence-corrected chi connectivity index (χ0v) is 19.6. The van der Waals surface area contributed by atoms with Gasteiger partial charge in [-0.25, -0.2) is 9.78 Å². The van der Waals surface area contributed by atoms with Crippen molar-refractivity contribution in [2.24, 2.45) is 0 Å². The fourth-order valence-corrected chi connectivity index (χ4v) is 4.06. The number of imidazole rings is 1. The van der Waals surface area contributed by atoms with E-state index in [4.69, 9.17) is 4.74 Å². The average molecular weight is 460 g/mol. The third-order valence-electron chi connectivity index (χ3n) is 5.35. The Morgan fingerprint density at radius 2 is 1.70 bits per heavy atom. The number of anilines is 1. The van der Waals surface area contributed by atoms with Crippen molar-refractivity contribution in [2.75, 3.05) is 18.2 Å². The Bertz CT molecular complexity index is 1280. The van der Waals surface area contributed by atoms with E-state index in [0.29, 0.717) is 22.8 Å². The lowest BCUT2D eigenvalue weighted by Gasteiger charge is -2.18. The van der Waals surface area contributed by atoms with Gasteiger partial charge >= 0.3 is 5.97 Å². The highest BCUT2D eigenvalue weighted by atomic mass is 32.2. The molecule has 33 heavy (non-hydrogen) atoms. The fraction of sp³-hybridized carbons (Fsp3) is 0.192. The van der Waals surface area contributed by atoms with Crippen molar-refractivity contribution < 1.29 is 14.3 Å². The zero-order chi connectivity index (χ0) is 23.4. The van der Waals surface area contributed by atoms with Gasteiger partial charge in [0, 0.05) is 18.3 Å². The van der Waals surface area contributed by atoms with Crippen molar-refractivity contribution >= 4 is 40.4 Å². The first kappa shape index (κ1) is 22.6. The SMILES string of the molecule is CSCc1nc2ccccc2n1CC(=O)Oc1ccc(N(C)C(=O)c2ccc(C)cc2)cc1. The fourth-order valence-electron chi connectivity index (χ4n) is 3.58. The van der Waals surface area contributed by atoms with Crippen molar-refractivity contribution in [3.63, 3.8) is 0 Å². The molecule has 7 heteroatoms. The first-order valence-corrected chi connectivity index (χ1v) is 11.9. The summed E-state index contributed by atoms with van der Waals surface area (Å²) in [6.45, 7) is 2.06. The van der Waals surface area contributed by atoms with Gasteiger partial charge in [0.15, 0.2) is 0 Å². The summed E-state index contributed by atoms with van der Waals surface area (Å²) < 4.78 is 7.46. The van der Waals surface area contributed by atoms with Gasteiger partial charge in [-0.3, -0.25) is 4.79 Å². The molecular weight excluding hydrogens is 434 g/mol. The number of carbonyl (C=O) groups excluding carboxylic acids is 2. The highest BCUT2D eigenvalue weighted by Gasteiger charge is 2.16. The number of rotatable bonds is 7. The van der Waals surface area contributed by atoms with Crippen LogP contribution >= 0.6 is 11.8 Å². The highest BCUT2D eigenvalue weighted by Crippen LogP contribution is 2.22. The van der Waals surface area contributed by atoms with E-state index in [-0.39, 0.29) is 18.4 Å². The molecule has 6 nitrogen and oxygen atoms in total. The van der Waals surface area contributed by atoms with Gasteiger partial charge in [0.25, 0.3) is 5.91 Å². The first-order valence-electron chi connectivity index (χ1n) is 10.5. The van der Waals surface area contributed by atoms with E-state index in [1.54, 1.807) is 48.0 Å². The van der Waals surface area contributed by atoms with E-state index in [1.807, 2.05) is 66.3 Å². The molecule has 4 aromatic rings. The van der Waals surface area contributed by atoms with Gasteiger partial charge < -0.3 is 14.2 Å². The van der Waals surface area contributed by atoms with Gasteiger partial charge in [-0.15, -0.1) is 0 Å². The third kappa shape index (κ3) is 5.09. The summed E-state index contributed by atoms with van der Waals surface area (Å²) in [5.74, 6) is 1.49. The van der Waals surface area contributed by atoms with Crippen LogP contribution in [0.3, 0.4) is 0 Å². The molecule has 0 bridgehead atoms. The number of hydrogen-bond donors (Lipinski definition) is 0. The lowest BCUT2D eigenvalue weighted by Crippen LogP contribution is -2.26. The van der Waals surface area contributed by atoms with E-state index in [2.05, 4.69) is 4.98 Å². The summed E-state index contributed by atoms with van der Waals surface area (Å²) in [5.41, 5.74) is 4.20. The standard InChI is InChI=1S/C26H25N3O3S/c1-18-8-10-19(11-9-18)26(31)28(2)20-12-14-21(15-13-20)32-25(30)16-29-23-7-5-4-6-22(23)27-24(29)17-33-3/h4-15H,16-17H2,1-3H3. The number of benzene rings is 3. The summed E-state index contributed by atoms with van der Waals surface area (Å²) >= 11 is 1.65. The molecule has 0 unspecified atom stereocenters. The molecule has 0 fully saturated rings. The molecule has 1 aromatic heterocycles.